The maximum atomic E-state index is 14.5. The van der Waals surface area contributed by atoms with E-state index < -0.39 is 0 Å². The number of nitrogens with one attached hydrogen (secondary N) is 1. The lowest BCUT2D eigenvalue weighted by atomic mass is 9.42. The number of benzene rings is 1. The van der Waals surface area contributed by atoms with Crippen LogP contribution in [0.4, 0.5) is 4.48 Å². The van der Waals surface area contributed by atoms with E-state index in [0.717, 1.165) is 60.7 Å². The number of nitrogens with two attached hydrogens (primary N) is 1. The molecule has 2 aliphatic rings. The second kappa shape index (κ2) is 12.2. The van der Waals surface area contributed by atoms with Gasteiger partial charge in [-0.15, -0.1) is 9.60 Å². The first-order chi connectivity index (χ1) is 20.6. The van der Waals surface area contributed by atoms with Gasteiger partial charge < -0.3 is 10.3 Å². The van der Waals surface area contributed by atoms with Crippen LogP contribution in [0, 0.1) is 16.2 Å². The molecule has 1 aromatic carbocycles. The standard InChI is InChI=1S/C37H57BFN5/c1-11-16-35(4,5)20-30-28-19-26(38-22-36(6,7)37(8,9)23-38)13-14-31(28)44(12-2)33(30)29-18-25(21-42-32(29)24(3)40)27-15-17-41-34(27)43(10)39/h13-14,18-19,21,24,27,34,41H,11-12,15-17,20,22-23,40H2,1-10H3/t24-,27?,34?/m0/s1. The molecule has 7 heteroatoms. The minimum Gasteiger partial charge on any atom is -0.340 e. The van der Waals surface area contributed by atoms with Crippen LogP contribution in [0.5, 0.6) is 0 Å². The summed E-state index contributed by atoms with van der Waals surface area (Å²) in [6.45, 7) is 23.4. The van der Waals surface area contributed by atoms with E-state index in [4.69, 9.17) is 10.7 Å². The topological polar surface area (TPSA) is 59.1 Å². The van der Waals surface area contributed by atoms with Crippen molar-refractivity contribution in [1.82, 2.24) is 20.0 Å². The minimum atomic E-state index is -0.353. The van der Waals surface area contributed by atoms with Crippen LogP contribution in [0.15, 0.2) is 30.5 Å². The van der Waals surface area contributed by atoms with Crippen LogP contribution in [-0.4, -0.2) is 41.1 Å². The van der Waals surface area contributed by atoms with Crippen molar-refractivity contribution >= 4 is 23.1 Å². The fourth-order valence-electron chi connectivity index (χ4n) is 8.50. The van der Waals surface area contributed by atoms with Gasteiger partial charge in [-0.05, 0) is 79.2 Å². The molecule has 4 heterocycles. The van der Waals surface area contributed by atoms with Crippen molar-refractivity contribution in [3.05, 3.63) is 47.3 Å². The third kappa shape index (κ3) is 6.01. The summed E-state index contributed by atoms with van der Waals surface area (Å²) in [7, 11) is 1.51. The summed E-state index contributed by atoms with van der Waals surface area (Å²) in [6.07, 6.45) is 8.18. The largest absolute Gasteiger partial charge is 0.340 e. The smallest absolute Gasteiger partial charge is 0.177 e. The van der Waals surface area contributed by atoms with Crippen molar-refractivity contribution in [2.45, 2.75) is 125 Å². The molecule has 2 aromatic heterocycles. The Labute approximate surface area is 266 Å². The zero-order chi connectivity index (χ0) is 32.2. The zero-order valence-corrected chi connectivity index (χ0v) is 29.1. The van der Waals surface area contributed by atoms with Gasteiger partial charge in [0.15, 0.2) is 6.71 Å². The lowest BCUT2D eigenvalue weighted by Crippen LogP contribution is -2.37. The number of likely N-dealkylation sites (N-methyl/N-ethyl adjacent to an activating group) is 1. The molecule has 2 unspecified atom stereocenters. The molecule has 2 saturated heterocycles. The Bertz CT molecular complexity index is 1470. The van der Waals surface area contributed by atoms with Gasteiger partial charge in [-0.3, -0.25) is 10.3 Å². The third-order valence-electron chi connectivity index (χ3n) is 11.5. The number of rotatable bonds is 10. The molecule has 0 spiro atoms. The van der Waals surface area contributed by atoms with Gasteiger partial charge in [0, 0.05) is 48.2 Å². The number of hydrogen-bond acceptors (Lipinski definition) is 4. The number of halogens is 1. The van der Waals surface area contributed by atoms with E-state index in [0.29, 0.717) is 17.5 Å². The normalized spacial score (nSPS) is 22.4. The summed E-state index contributed by atoms with van der Waals surface area (Å²) in [4.78, 5) is 5.02. The molecule has 44 heavy (non-hydrogen) atoms. The van der Waals surface area contributed by atoms with Crippen LogP contribution in [0.3, 0.4) is 0 Å². The highest BCUT2D eigenvalue weighted by Gasteiger charge is 2.48. The molecule has 240 valence electrons. The van der Waals surface area contributed by atoms with Gasteiger partial charge in [0.2, 0.25) is 0 Å². The quantitative estimate of drug-likeness (QED) is 0.182. The average molecular weight is 602 g/mol. The highest BCUT2D eigenvalue weighted by molar-refractivity contribution is 6.74. The number of aromatic nitrogens is 2. The predicted molar refractivity (Wildman–Crippen MR) is 186 cm³/mol. The Hall–Kier alpha value is -2.22. The fourth-order valence-corrected chi connectivity index (χ4v) is 8.50. The second-order valence-electron chi connectivity index (χ2n) is 16.1. The third-order valence-corrected chi connectivity index (χ3v) is 11.5. The van der Waals surface area contributed by atoms with Crippen LogP contribution >= 0.6 is 0 Å². The van der Waals surface area contributed by atoms with Crippen LogP contribution in [0.1, 0.15) is 110 Å². The van der Waals surface area contributed by atoms with Gasteiger partial charge in [-0.1, -0.05) is 85.1 Å². The van der Waals surface area contributed by atoms with E-state index in [1.54, 1.807) is 0 Å². The predicted octanol–water partition coefficient (Wildman–Crippen LogP) is 8.10. The van der Waals surface area contributed by atoms with Crippen molar-refractivity contribution in [2.24, 2.45) is 22.0 Å². The molecule has 3 aromatic rings. The van der Waals surface area contributed by atoms with E-state index in [-0.39, 0.29) is 23.5 Å². The Kier molecular flexibility index (Phi) is 9.18. The minimum absolute atomic E-state index is 0.0264. The Balaban J connectivity index is 1.75. The number of aryl methyl sites for hydroxylation is 1. The number of pyridine rings is 1. The molecule has 3 atom stereocenters. The molecule has 0 saturated carbocycles. The van der Waals surface area contributed by atoms with E-state index in [2.05, 4.69) is 89.5 Å². The zero-order valence-electron chi connectivity index (χ0n) is 29.1. The molecular formula is C37H57BFN5. The molecule has 5 rings (SSSR count). The van der Waals surface area contributed by atoms with Crippen LogP contribution in [0.2, 0.25) is 12.6 Å². The molecule has 0 amide bonds. The molecule has 0 aliphatic carbocycles. The first-order valence-electron chi connectivity index (χ1n) is 17.1. The highest BCUT2D eigenvalue weighted by atomic mass is 19.2. The maximum Gasteiger partial charge on any atom is 0.177 e. The van der Waals surface area contributed by atoms with Crippen molar-refractivity contribution in [1.29, 1.82) is 0 Å². The molecule has 2 fully saturated rings. The lowest BCUT2D eigenvalue weighted by Gasteiger charge is -2.35. The van der Waals surface area contributed by atoms with Gasteiger partial charge in [-0.2, -0.15) is 0 Å². The van der Waals surface area contributed by atoms with Gasteiger partial charge >= 0.3 is 0 Å². The molecule has 5 nitrogen and oxygen atoms in total. The fraction of sp³-hybridized carbons (Fsp3) is 0.649. The Morgan fingerprint density at radius 1 is 1.16 bits per heavy atom. The average Bonchev–Trinajstić information content (AvgIpc) is 3.60. The van der Waals surface area contributed by atoms with Gasteiger partial charge in [-0.25, -0.2) is 0 Å². The SMILES string of the molecule is CCCC(C)(C)Cc1c(-c2cc(C3CCNC3N(C)F)cnc2[C@H](C)N)n(CC)c2ccc(B3CC(C)(C)C(C)(C)C3)cc12. The number of hydrogen-bond donors (Lipinski definition) is 2. The summed E-state index contributed by atoms with van der Waals surface area (Å²) in [5, 5.41) is 5.52. The first kappa shape index (κ1) is 33.2. The highest BCUT2D eigenvalue weighted by Crippen LogP contribution is 2.53. The van der Waals surface area contributed by atoms with E-state index in [1.165, 1.54) is 47.3 Å². The van der Waals surface area contributed by atoms with E-state index in [1.807, 2.05) is 13.1 Å². The van der Waals surface area contributed by atoms with Crippen molar-refractivity contribution in [3.8, 4) is 11.3 Å². The Morgan fingerprint density at radius 3 is 2.43 bits per heavy atom. The molecular weight excluding hydrogens is 544 g/mol. The number of fused-ring (bicyclic) bond motifs is 1. The second-order valence-corrected chi connectivity index (χ2v) is 16.1. The van der Waals surface area contributed by atoms with Crippen LogP contribution in [0.25, 0.3) is 22.2 Å². The van der Waals surface area contributed by atoms with Crippen LogP contribution < -0.4 is 16.5 Å². The van der Waals surface area contributed by atoms with E-state index >= 15 is 0 Å². The number of nitrogens with zero attached hydrogens (tertiary/aromatic N) is 3. The first-order valence-corrected chi connectivity index (χ1v) is 17.1. The summed E-state index contributed by atoms with van der Waals surface area (Å²) in [5.74, 6) is 0.0264. The molecule has 3 N–H and O–H groups in total. The maximum absolute atomic E-state index is 14.5. The summed E-state index contributed by atoms with van der Waals surface area (Å²) in [6, 6.07) is 9.37. The van der Waals surface area contributed by atoms with Crippen molar-refractivity contribution in [2.75, 3.05) is 13.6 Å². The molecule has 0 bridgehead atoms. The summed E-state index contributed by atoms with van der Waals surface area (Å²) in [5.41, 5.74) is 15.9. The monoisotopic (exact) mass is 601 g/mol. The molecule has 2 aliphatic heterocycles. The Morgan fingerprint density at radius 2 is 1.84 bits per heavy atom. The van der Waals surface area contributed by atoms with Gasteiger partial charge in [0.25, 0.3) is 0 Å². The lowest BCUT2D eigenvalue weighted by molar-refractivity contribution is -0.00523. The molecule has 0 radical (unpaired) electrons. The van der Waals surface area contributed by atoms with Crippen LogP contribution in [-0.2, 0) is 13.0 Å². The van der Waals surface area contributed by atoms with Gasteiger partial charge in [0.1, 0.15) is 0 Å². The van der Waals surface area contributed by atoms with Crippen molar-refractivity contribution < 1.29 is 4.48 Å². The van der Waals surface area contributed by atoms with Crippen molar-refractivity contribution in [3.63, 3.8) is 0 Å². The van der Waals surface area contributed by atoms with E-state index in [9.17, 15) is 4.48 Å². The summed E-state index contributed by atoms with van der Waals surface area (Å²) >= 11 is 0. The summed E-state index contributed by atoms with van der Waals surface area (Å²) < 4.78 is 17.0. The van der Waals surface area contributed by atoms with Gasteiger partial charge in [0.05, 0.1) is 17.6 Å².